The number of carbonyl (C=O) groups excluding carboxylic acids is 1. The molecule has 7 nitrogen and oxygen atoms in total. The Morgan fingerprint density at radius 3 is 2.82 bits per heavy atom. The van der Waals surface area contributed by atoms with E-state index < -0.39 is 0 Å². The van der Waals surface area contributed by atoms with Gasteiger partial charge in [0.05, 0.1) is 18.0 Å². The highest BCUT2D eigenvalue weighted by atomic mass is 32.2. The largest absolute Gasteiger partial charge is 0.496 e. The Morgan fingerprint density at radius 2 is 2.04 bits per heavy atom. The van der Waals surface area contributed by atoms with Gasteiger partial charge in [0.15, 0.2) is 0 Å². The minimum Gasteiger partial charge on any atom is -0.496 e. The zero-order valence-electron chi connectivity index (χ0n) is 16.3. The third kappa shape index (κ3) is 4.51. The van der Waals surface area contributed by atoms with E-state index in [4.69, 9.17) is 4.74 Å². The number of rotatable bonds is 7. The third-order valence-electron chi connectivity index (χ3n) is 4.33. The standard InChI is InChI=1S/C20H23N5O2S/c1-13-9-10-14(2)17(11-13)25-20(22-23-24-25)28-15(3)19(26)21-12-16-7-5-6-8-18(16)27-4/h5-11,15H,12H2,1-4H3,(H,21,26)/t15-/m1/s1. The van der Waals surface area contributed by atoms with Crippen molar-refractivity contribution in [2.45, 2.75) is 37.7 Å². The third-order valence-corrected chi connectivity index (χ3v) is 5.36. The highest BCUT2D eigenvalue weighted by Gasteiger charge is 2.20. The Kier molecular flexibility index (Phi) is 6.30. The average Bonchev–Trinajstić information content (AvgIpc) is 3.15. The molecular weight excluding hydrogens is 374 g/mol. The lowest BCUT2D eigenvalue weighted by Gasteiger charge is -2.14. The van der Waals surface area contributed by atoms with Crippen LogP contribution in [0, 0.1) is 13.8 Å². The lowest BCUT2D eigenvalue weighted by molar-refractivity contribution is -0.120. The van der Waals surface area contributed by atoms with Gasteiger partial charge in [0.25, 0.3) is 0 Å². The Hall–Kier alpha value is -2.87. The average molecular weight is 398 g/mol. The van der Waals surface area contributed by atoms with Crippen LogP contribution in [-0.2, 0) is 11.3 Å². The number of aromatic nitrogens is 4. The topological polar surface area (TPSA) is 81.9 Å². The van der Waals surface area contributed by atoms with E-state index >= 15 is 0 Å². The second-order valence-corrected chi connectivity index (χ2v) is 7.76. The maximum Gasteiger partial charge on any atom is 0.233 e. The van der Waals surface area contributed by atoms with Gasteiger partial charge in [0.1, 0.15) is 5.75 Å². The summed E-state index contributed by atoms with van der Waals surface area (Å²) in [6.07, 6.45) is 0. The van der Waals surface area contributed by atoms with Crippen LogP contribution in [0.5, 0.6) is 5.75 Å². The van der Waals surface area contributed by atoms with Gasteiger partial charge in [-0.2, -0.15) is 4.68 Å². The molecule has 1 atom stereocenters. The van der Waals surface area contributed by atoms with E-state index in [1.165, 1.54) is 11.8 Å². The highest BCUT2D eigenvalue weighted by molar-refractivity contribution is 8.00. The Labute approximate surface area is 168 Å². The van der Waals surface area contributed by atoms with Crippen LogP contribution in [0.25, 0.3) is 5.69 Å². The number of hydrogen-bond donors (Lipinski definition) is 1. The summed E-state index contributed by atoms with van der Waals surface area (Å²) in [5.41, 5.74) is 4.02. The molecule has 0 aliphatic rings. The number of hydrogen-bond acceptors (Lipinski definition) is 6. The molecule has 0 unspecified atom stereocenters. The molecule has 0 fully saturated rings. The van der Waals surface area contributed by atoms with Gasteiger partial charge in [0.2, 0.25) is 11.1 Å². The molecule has 28 heavy (non-hydrogen) atoms. The first-order valence-electron chi connectivity index (χ1n) is 8.92. The van der Waals surface area contributed by atoms with Gasteiger partial charge in [0, 0.05) is 12.1 Å². The van der Waals surface area contributed by atoms with Gasteiger partial charge >= 0.3 is 0 Å². The normalized spacial score (nSPS) is 11.9. The van der Waals surface area contributed by atoms with E-state index in [-0.39, 0.29) is 11.2 Å². The first kappa shape index (κ1) is 19.9. The summed E-state index contributed by atoms with van der Waals surface area (Å²) in [6.45, 7) is 6.27. The maximum atomic E-state index is 12.6. The van der Waals surface area contributed by atoms with Gasteiger partial charge < -0.3 is 10.1 Å². The molecule has 1 amide bonds. The second-order valence-electron chi connectivity index (χ2n) is 6.45. The Balaban J connectivity index is 1.68. The van der Waals surface area contributed by atoms with Crippen molar-refractivity contribution in [3.63, 3.8) is 0 Å². The molecule has 0 saturated heterocycles. The van der Waals surface area contributed by atoms with Crippen molar-refractivity contribution >= 4 is 17.7 Å². The fourth-order valence-electron chi connectivity index (χ4n) is 2.74. The molecule has 1 aromatic heterocycles. The summed E-state index contributed by atoms with van der Waals surface area (Å²) in [5.74, 6) is 0.661. The smallest absolute Gasteiger partial charge is 0.233 e. The summed E-state index contributed by atoms with van der Waals surface area (Å²) in [6, 6.07) is 13.7. The van der Waals surface area contributed by atoms with Gasteiger partial charge in [-0.25, -0.2) is 0 Å². The second kappa shape index (κ2) is 8.88. The van der Waals surface area contributed by atoms with Crippen molar-refractivity contribution < 1.29 is 9.53 Å². The number of nitrogens with one attached hydrogen (secondary N) is 1. The van der Waals surface area contributed by atoms with Crippen LogP contribution < -0.4 is 10.1 Å². The number of amides is 1. The fourth-order valence-corrected chi connectivity index (χ4v) is 3.56. The number of para-hydroxylation sites is 1. The molecule has 2 aromatic carbocycles. The quantitative estimate of drug-likeness (QED) is 0.617. The number of ether oxygens (including phenoxy) is 1. The van der Waals surface area contributed by atoms with Crippen LogP contribution in [-0.4, -0.2) is 38.5 Å². The number of nitrogens with zero attached hydrogens (tertiary/aromatic N) is 4. The van der Waals surface area contributed by atoms with Crippen molar-refractivity contribution in [2.24, 2.45) is 0 Å². The number of carbonyl (C=O) groups is 1. The zero-order valence-corrected chi connectivity index (χ0v) is 17.2. The first-order chi connectivity index (χ1) is 13.5. The molecule has 0 bridgehead atoms. The van der Waals surface area contributed by atoms with Crippen LogP contribution in [0.15, 0.2) is 47.6 Å². The van der Waals surface area contributed by atoms with E-state index in [1.54, 1.807) is 11.8 Å². The number of tetrazole rings is 1. The molecular formula is C20H23N5O2S. The lowest BCUT2D eigenvalue weighted by Crippen LogP contribution is -2.30. The summed E-state index contributed by atoms with van der Waals surface area (Å²) in [7, 11) is 1.62. The highest BCUT2D eigenvalue weighted by Crippen LogP contribution is 2.25. The van der Waals surface area contributed by atoms with Crippen LogP contribution >= 0.6 is 11.8 Å². The summed E-state index contributed by atoms with van der Waals surface area (Å²) >= 11 is 1.32. The monoisotopic (exact) mass is 397 g/mol. The number of aryl methyl sites for hydroxylation is 2. The first-order valence-corrected chi connectivity index (χ1v) is 9.80. The van der Waals surface area contributed by atoms with E-state index in [0.29, 0.717) is 11.7 Å². The van der Waals surface area contributed by atoms with Crippen molar-refractivity contribution in [1.82, 2.24) is 25.5 Å². The van der Waals surface area contributed by atoms with E-state index in [2.05, 4.69) is 20.8 Å². The van der Waals surface area contributed by atoms with Crippen molar-refractivity contribution in [3.8, 4) is 11.4 Å². The Morgan fingerprint density at radius 1 is 1.25 bits per heavy atom. The molecule has 0 saturated carbocycles. The molecule has 0 aliphatic heterocycles. The van der Waals surface area contributed by atoms with E-state index in [1.807, 2.05) is 63.2 Å². The minimum absolute atomic E-state index is 0.0913. The van der Waals surface area contributed by atoms with E-state index in [9.17, 15) is 4.79 Å². The number of thioether (sulfide) groups is 1. The van der Waals surface area contributed by atoms with Crippen LogP contribution in [0.3, 0.4) is 0 Å². The predicted molar refractivity (Wildman–Crippen MR) is 109 cm³/mol. The molecule has 3 rings (SSSR count). The number of methoxy groups -OCH3 is 1. The minimum atomic E-state index is -0.357. The Bertz CT molecular complexity index is 973. The van der Waals surface area contributed by atoms with Gasteiger partial charge in [-0.15, -0.1) is 5.10 Å². The molecule has 0 spiro atoms. The molecule has 1 heterocycles. The van der Waals surface area contributed by atoms with Crippen LogP contribution in [0.2, 0.25) is 0 Å². The summed E-state index contributed by atoms with van der Waals surface area (Å²) in [5, 5.41) is 15.2. The van der Waals surface area contributed by atoms with E-state index in [0.717, 1.165) is 28.1 Å². The molecule has 3 aromatic rings. The molecule has 8 heteroatoms. The zero-order chi connectivity index (χ0) is 20.1. The fraction of sp³-hybridized carbons (Fsp3) is 0.300. The van der Waals surface area contributed by atoms with Crippen molar-refractivity contribution in [1.29, 1.82) is 0 Å². The molecule has 0 aliphatic carbocycles. The lowest BCUT2D eigenvalue weighted by atomic mass is 10.1. The van der Waals surface area contributed by atoms with Crippen LogP contribution in [0.1, 0.15) is 23.6 Å². The predicted octanol–water partition coefficient (Wildman–Crippen LogP) is 3.08. The maximum absolute atomic E-state index is 12.6. The molecule has 0 radical (unpaired) electrons. The van der Waals surface area contributed by atoms with Crippen LogP contribution in [0.4, 0.5) is 0 Å². The van der Waals surface area contributed by atoms with Crippen molar-refractivity contribution in [3.05, 3.63) is 59.2 Å². The van der Waals surface area contributed by atoms with Crippen molar-refractivity contribution in [2.75, 3.05) is 7.11 Å². The summed E-state index contributed by atoms with van der Waals surface area (Å²) < 4.78 is 7.00. The number of benzene rings is 2. The summed E-state index contributed by atoms with van der Waals surface area (Å²) in [4.78, 5) is 12.6. The van der Waals surface area contributed by atoms with Gasteiger partial charge in [-0.3, -0.25) is 4.79 Å². The SMILES string of the molecule is COc1ccccc1CNC(=O)[C@@H](C)Sc1nnnn1-c1cc(C)ccc1C. The molecule has 1 N–H and O–H groups in total. The van der Waals surface area contributed by atoms with Gasteiger partial charge in [-0.05, 0) is 54.5 Å². The van der Waals surface area contributed by atoms with Gasteiger partial charge in [-0.1, -0.05) is 42.1 Å². The molecule has 146 valence electrons.